The summed E-state index contributed by atoms with van der Waals surface area (Å²) in [6, 6.07) is 0. The monoisotopic (exact) mass is 656 g/mol. The molecular weight excluding hydrogens is 600 g/mol. The molecule has 1 saturated carbocycles. The minimum Gasteiger partial charge on any atom is -0.467 e. The van der Waals surface area contributed by atoms with E-state index in [9.17, 15) is 13.2 Å². The van der Waals surface area contributed by atoms with E-state index in [2.05, 4.69) is 32.1 Å². The van der Waals surface area contributed by atoms with Crippen LogP contribution in [0.4, 0.5) is 0 Å². The molecule has 45 heavy (non-hydrogen) atoms. The Morgan fingerprint density at radius 3 is 2.47 bits per heavy atom. The van der Waals surface area contributed by atoms with Crippen molar-refractivity contribution in [1.82, 2.24) is 0 Å². The molecule has 0 N–H and O–H groups in total. The van der Waals surface area contributed by atoms with Crippen molar-refractivity contribution in [2.45, 2.75) is 109 Å². The lowest BCUT2D eigenvalue weighted by Gasteiger charge is -2.31. The van der Waals surface area contributed by atoms with Gasteiger partial charge in [0, 0.05) is 25.0 Å². The number of allylic oxidation sites excluding steroid dienone is 1. The Morgan fingerprint density at radius 1 is 1.09 bits per heavy atom. The van der Waals surface area contributed by atoms with Gasteiger partial charge in [0.25, 0.3) is 10.1 Å². The Balaban J connectivity index is 1.52. The van der Waals surface area contributed by atoms with Crippen LogP contribution < -0.4 is 0 Å². The van der Waals surface area contributed by atoms with Crippen LogP contribution in [0.5, 0.6) is 0 Å². The second-order valence-corrected chi connectivity index (χ2v) is 14.9. The van der Waals surface area contributed by atoms with E-state index in [1.807, 2.05) is 0 Å². The summed E-state index contributed by atoms with van der Waals surface area (Å²) in [7, 11) is -2.33. The molecule has 0 radical (unpaired) electrons. The Hall–Kier alpha value is -1.34. The summed E-state index contributed by atoms with van der Waals surface area (Å²) >= 11 is 0. The molecule has 0 aromatic carbocycles. The Labute approximate surface area is 270 Å². The summed E-state index contributed by atoms with van der Waals surface area (Å²) in [6.07, 6.45) is 18.7. The maximum atomic E-state index is 11.9. The number of fused-ring (bicyclic) bond motifs is 1. The Bertz CT molecular complexity index is 1060. The first-order valence-electron chi connectivity index (χ1n) is 17.1. The fraction of sp³-hybridized carbons (Fsp3) is 0.853. The fourth-order valence-corrected chi connectivity index (χ4v) is 7.50. The molecule has 9 atom stereocenters. The molecule has 2 heterocycles. The van der Waals surface area contributed by atoms with Gasteiger partial charge in [-0.1, -0.05) is 50.5 Å². The first-order chi connectivity index (χ1) is 21.7. The quantitative estimate of drug-likeness (QED) is 0.106. The van der Waals surface area contributed by atoms with Crippen LogP contribution in [-0.4, -0.2) is 85.6 Å². The van der Waals surface area contributed by atoms with Crippen LogP contribution in [0, 0.1) is 29.6 Å². The van der Waals surface area contributed by atoms with Gasteiger partial charge >= 0.3 is 5.97 Å². The molecule has 0 amide bonds. The topological polar surface area (TPSA) is 116 Å². The van der Waals surface area contributed by atoms with E-state index in [0.29, 0.717) is 5.92 Å². The SMILES string of the molecule is CCCCC(C)[C@@H](/C=C/[C@@H]1[C@H]2CC(C(COCC(=O)OC)COS(C)(=O)=O)=C[C@H]2C[C@H]1OC1CCCCO1)OC1CCCCO1. The number of carbonyl (C=O) groups is 1. The molecule has 4 rings (SSSR count). The number of carbonyl (C=O) groups excluding carboxylic acids is 1. The van der Waals surface area contributed by atoms with Crippen LogP contribution in [-0.2, 0) is 47.5 Å². The van der Waals surface area contributed by atoms with Crippen molar-refractivity contribution in [2.75, 3.05) is 46.4 Å². The maximum Gasteiger partial charge on any atom is 0.331 e. The molecule has 0 aromatic heterocycles. The lowest BCUT2D eigenvalue weighted by atomic mass is 9.86. The van der Waals surface area contributed by atoms with Crippen molar-refractivity contribution in [3.05, 3.63) is 23.8 Å². The number of rotatable bonds is 18. The summed E-state index contributed by atoms with van der Waals surface area (Å²) in [5, 5.41) is 0. The molecule has 3 fully saturated rings. The smallest absolute Gasteiger partial charge is 0.331 e. The van der Waals surface area contributed by atoms with E-state index < -0.39 is 16.1 Å². The van der Waals surface area contributed by atoms with E-state index in [-0.39, 0.29) is 68.3 Å². The zero-order valence-corrected chi connectivity index (χ0v) is 28.5. The molecule has 0 aromatic rings. The van der Waals surface area contributed by atoms with Crippen LogP contribution in [0.3, 0.4) is 0 Å². The number of hydrogen-bond donors (Lipinski definition) is 0. The predicted molar refractivity (Wildman–Crippen MR) is 170 cm³/mol. The molecule has 2 aliphatic carbocycles. The van der Waals surface area contributed by atoms with Crippen molar-refractivity contribution in [1.29, 1.82) is 0 Å². The van der Waals surface area contributed by atoms with Crippen LogP contribution in [0.1, 0.15) is 84.5 Å². The summed E-state index contributed by atoms with van der Waals surface area (Å²) < 4.78 is 64.5. The molecule has 4 aliphatic rings. The van der Waals surface area contributed by atoms with Gasteiger partial charge in [-0.3, -0.25) is 4.18 Å². The van der Waals surface area contributed by atoms with Crippen molar-refractivity contribution < 1.29 is 45.8 Å². The lowest BCUT2D eigenvalue weighted by Crippen LogP contribution is -2.32. The van der Waals surface area contributed by atoms with E-state index >= 15 is 0 Å². The summed E-state index contributed by atoms with van der Waals surface area (Å²) in [6.45, 7) is 5.90. The van der Waals surface area contributed by atoms with Crippen LogP contribution >= 0.6 is 0 Å². The van der Waals surface area contributed by atoms with Gasteiger partial charge in [-0.15, -0.1) is 0 Å². The lowest BCUT2D eigenvalue weighted by molar-refractivity contribution is -0.193. The van der Waals surface area contributed by atoms with E-state index in [4.69, 9.17) is 32.6 Å². The zero-order valence-electron chi connectivity index (χ0n) is 27.7. The average molecular weight is 657 g/mol. The van der Waals surface area contributed by atoms with Gasteiger partial charge in [-0.05, 0) is 75.5 Å². The second kappa shape index (κ2) is 18.3. The number of hydrogen-bond acceptors (Lipinski definition) is 10. The fourth-order valence-electron chi connectivity index (χ4n) is 7.09. The summed E-state index contributed by atoms with van der Waals surface area (Å²) in [5.74, 6) is 0.264. The standard InChI is InChI=1S/C34H56O10S/c1-5-6-11-24(2)30(43-33-12-7-9-16-40-33)15-14-28-29-19-25(18-26(29)20-31(28)44-34-13-8-10-17-41-34)27(22-42-45(4,36)37)21-39-23-32(35)38-3/h14-15,18,24,26-31,33-34H,5-13,16-17,19-23H2,1-4H3/b15-14+/t24?,26-,27?,28+,29-,30+,31+,33?,34?/m0/s1. The van der Waals surface area contributed by atoms with Gasteiger partial charge in [-0.25, -0.2) is 4.79 Å². The third-order valence-corrected chi connectivity index (χ3v) is 10.2. The van der Waals surface area contributed by atoms with Crippen LogP contribution in [0.15, 0.2) is 23.8 Å². The van der Waals surface area contributed by atoms with Gasteiger partial charge in [0.15, 0.2) is 12.6 Å². The van der Waals surface area contributed by atoms with Gasteiger partial charge in [0.1, 0.15) is 6.61 Å². The van der Waals surface area contributed by atoms with Gasteiger partial charge in [0.05, 0.1) is 38.8 Å². The highest BCUT2D eigenvalue weighted by Gasteiger charge is 2.47. The van der Waals surface area contributed by atoms with E-state index in [0.717, 1.165) is 95.7 Å². The highest BCUT2D eigenvalue weighted by molar-refractivity contribution is 7.85. The maximum absolute atomic E-state index is 11.9. The van der Waals surface area contributed by atoms with Gasteiger partial charge in [-0.2, -0.15) is 8.42 Å². The largest absolute Gasteiger partial charge is 0.467 e. The van der Waals surface area contributed by atoms with Crippen molar-refractivity contribution in [3.63, 3.8) is 0 Å². The molecule has 4 unspecified atom stereocenters. The third-order valence-electron chi connectivity index (χ3n) is 9.66. The van der Waals surface area contributed by atoms with Crippen LogP contribution in [0.2, 0.25) is 0 Å². The number of esters is 1. The van der Waals surface area contributed by atoms with Crippen molar-refractivity contribution >= 4 is 16.1 Å². The number of methoxy groups -OCH3 is 1. The highest BCUT2D eigenvalue weighted by atomic mass is 32.2. The summed E-state index contributed by atoms with van der Waals surface area (Å²) in [5.41, 5.74) is 1.10. The summed E-state index contributed by atoms with van der Waals surface area (Å²) in [4.78, 5) is 11.7. The third kappa shape index (κ3) is 11.7. The number of unbranched alkanes of at least 4 members (excludes halogenated alkanes) is 1. The normalized spacial score (nSPS) is 31.0. The molecule has 0 bridgehead atoms. The Morgan fingerprint density at radius 2 is 1.82 bits per heavy atom. The number of ether oxygens (including phenoxy) is 6. The van der Waals surface area contributed by atoms with Gasteiger partial charge in [0.2, 0.25) is 0 Å². The minimum absolute atomic E-state index is 0.0102. The molecule has 258 valence electrons. The van der Waals surface area contributed by atoms with Crippen LogP contribution in [0.25, 0.3) is 0 Å². The molecule has 2 saturated heterocycles. The van der Waals surface area contributed by atoms with E-state index in [1.54, 1.807) is 0 Å². The molecule has 11 heteroatoms. The molecule has 2 aliphatic heterocycles. The van der Waals surface area contributed by atoms with E-state index in [1.165, 1.54) is 7.11 Å². The van der Waals surface area contributed by atoms with Crippen molar-refractivity contribution in [2.24, 2.45) is 29.6 Å². The second-order valence-electron chi connectivity index (χ2n) is 13.2. The predicted octanol–water partition coefficient (Wildman–Crippen LogP) is 5.56. The first-order valence-corrected chi connectivity index (χ1v) is 18.9. The molecule has 10 nitrogen and oxygen atoms in total. The first kappa shape index (κ1) is 36.5. The molecule has 0 spiro atoms. The zero-order chi connectivity index (χ0) is 32.2. The molecular formula is C34H56O10S. The van der Waals surface area contributed by atoms with Crippen molar-refractivity contribution in [3.8, 4) is 0 Å². The highest BCUT2D eigenvalue weighted by Crippen LogP contribution is 2.50. The minimum atomic E-state index is -3.64. The van der Waals surface area contributed by atoms with Gasteiger partial charge < -0.3 is 28.4 Å². The Kier molecular flexibility index (Phi) is 14.8. The average Bonchev–Trinajstić information content (AvgIpc) is 3.57.